The molecule has 6 rings (SSSR count). The number of fused-ring (bicyclic) bond motifs is 1. The maximum atomic E-state index is 12.8. The average molecular weight is 417 g/mol. The van der Waals surface area contributed by atoms with Gasteiger partial charge in [0.1, 0.15) is 5.00 Å². The van der Waals surface area contributed by atoms with Crippen molar-refractivity contribution in [3.63, 3.8) is 0 Å². The topological polar surface area (TPSA) is 67.4 Å². The summed E-state index contributed by atoms with van der Waals surface area (Å²) in [4.78, 5) is 26.5. The van der Waals surface area contributed by atoms with Gasteiger partial charge in [0.2, 0.25) is 5.91 Å². The molecule has 0 spiro atoms. The van der Waals surface area contributed by atoms with Crippen LogP contribution >= 0.6 is 11.3 Å². The number of hydrogen-bond acceptors (Lipinski definition) is 5. The molecule has 0 radical (unpaired) electrons. The van der Waals surface area contributed by atoms with Crippen molar-refractivity contribution in [1.29, 1.82) is 0 Å². The molecule has 6 heteroatoms. The highest BCUT2D eigenvalue weighted by Gasteiger charge is 2.50. The van der Waals surface area contributed by atoms with Crippen molar-refractivity contribution in [3.05, 3.63) is 16.0 Å². The number of methoxy groups -OCH3 is 1. The van der Waals surface area contributed by atoms with Gasteiger partial charge in [0.25, 0.3) is 0 Å². The first-order chi connectivity index (χ1) is 13.9. The summed E-state index contributed by atoms with van der Waals surface area (Å²) in [6.07, 6.45) is 10.8. The van der Waals surface area contributed by atoms with Crippen LogP contribution in [0.15, 0.2) is 0 Å². The predicted molar refractivity (Wildman–Crippen MR) is 114 cm³/mol. The van der Waals surface area contributed by atoms with Crippen molar-refractivity contribution in [3.8, 4) is 0 Å². The number of carbonyl (C=O) groups excluding carboxylic acids is 2. The number of thiophene rings is 1. The van der Waals surface area contributed by atoms with E-state index in [2.05, 4.69) is 17.6 Å². The molecule has 2 N–H and O–H groups in total. The van der Waals surface area contributed by atoms with Gasteiger partial charge in [-0.3, -0.25) is 4.79 Å². The number of rotatable bonds is 5. The molecule has 29 heavy (non-hydrogen) atoms. The highest BCUT2D eigenvalue weighted by atomic mass is 32.1. The second-order valence-electron chi connectivity index (χ2n) is 10.1. The van der Waals surface area contributed by atoms with Gasteiger partial charge >= 0.3 is 5.97 Å². The second-order valence-corrected chi connectivity index (χ2v) is 11.3. The smallest absolute Gasteiger partial charge is 0.341 e. The summed E-state index contributed by atoms with van der Waals surface area (Å²) in [6, 6.07) is 0. The monoisotopic (exact) mass is 416 g/mol. The fourth-order valence-corrected chi connectivity index (χ4v) is 8.34. The Balaban J connectivity index is 1.28. The Morgan fingerprint density at radius 1 is 1.14 bits per heavy atom. The molecule has 0 unspecified atom stereocenters. The largest absolute Gasteiger partial charge is 0.465 e. The van der Waals surface area contributed by atoms with E-state index < -0.39 is 0 Å². The molecular formula is C23H32N2O3S. The van der Waals surface area contributed by atoms with Gasteiger partial charge in [-0.15, -0.1) is 11.3 Å². The van der Waals surface area contributed by atoms with Gasteiger partial charge < -0.3 is 15.4 Å². The normalized spacial score (nSPS) is 34.7. The van der Waals surface area contributed by atoms with Gasteiger partial charge in [-0.25, -0.2) is 4.79 Å². The Morgan fingerprint density at radius 2 is 1.79 bits per heavy atom. The number of carbonyl (C=O) groups is 2. The highest BCUT2D eigenvalue weighted by molar-refractivity contribution is 7.17. The standard InChI is InChI=1S/C23H32N2O3S/c1-13-3-4-17-18(5-13)29-21(20(17)22(27)28-2)25-19(26)12-24-23-9-14-6-15(10-23)8-16(7-14)11-23/h13-16,24H,3-12H2,1-2H3,(H,25,26)/t13-,14?,15?,16?,23?/m0/s1. The molecule has 1 aromatic heterocycles. The molecule has 0 aromatic carbocycles. The molecule has 0 aliphatic heterocycles. The maximum absolute atomic E-state index is 12.8. The zero-order valence-electron chi connectivity index (χ0n) is 17.5. The molecule has 4 bridgehead atoms. The van der Waals surface area contributed by atoms with E-state index in [-0.39, 0.29) is 17.4 Å². The van der Waals surface area contributed by atoms with Gasteiger partial charge in [-0.05, 0) is 87.0 Å². The first-order valence-electron chi connectivity index (χ1n) is 11.2. The Hall–Kier alpha value is -1.40. The molecule has 4 fully saturated rings. The molecule has 5 aliphatic carbocycles. The van der Waals surface area contributed by atoms with Crippen LogP contribution in [0.3, 0.4) is 0 Å². The minimum absolute atomic E-state index is 0.0439. The van der Waals surface area contributed by atoms with E-state index in [1.165, 1.54) is 50.5 Å². The summed E-state index contributed by atoms with van der Waals surface area (Å²) >= 11 is 1.56. The molecule has 158 valence electrons. The quantitative estimate of drug-likeness (QED) is 0.708. The summed E-state index contributed by atoms with van der Waals surface area (Å²) in [5, 5.41) is 7.38. The van der Waals surface area contributed by atoms with Gasteiger partial charge in [-0.1, -0.05) is 6.92 Å². The van der Waals surface area contributed by atoms with Crippen molar-refractivity contribution in [2.45, 2.75) is 70.3 Å². The minimum atomic E-state index is -0.332. The molecule has 5 nitrogen and oxygen atoms in total. The van der Waals surface area contributed by atoms with Gasteiger partial charge in [0, 0.05) is 10.4 Å². The second kappa shape index (κ2) is 7.38. The Labute approximate surface area is 177 Å². The molecule has 5 aliphatic rings. The summed E-state index contributed by atoms with van der Waals surface area (Å²) < 4.78 is 5.04. The number of anilines is 1. The molecule has 4 saturated carbocycles. The van der Waals surface area contributed by atoms with Crippen LogP contribution in [-0.2, 0) is 22.4 Å². The van der Waals surface area contributed by atoms with Crippen LogP contribution in [0, 0.1) is 23.7 Å². The third-order valence-corrected chi connectivity index (χ3v) is 8.99. The summed E-state index contributed by atoms with van der Waals surface area (Å²) in [7, 11) is 1.41. The molecule has 1 aromatic rings. The Morgan fingerprint density at radius 3 is 2.41 bits per heavy atom. The Kier molecular flexibility index (Phi) is 4.98. The van der Waals surface area contributed by atoms with E-state index in [9.17, 15) is 9.59 Å². The van der Waals surface area contributed by atoms with Crippen molar-refractivity contribution >= 4 is 28.2 Å². The number of nitrogens with one attached hydrogen (secondary N) is 2. The number of amides is 1. The van der Waals surface area contributed by atoms with Crippen LogP contribution in [0.4, 0.5) is 5.00 Å². The number of hydrogen-bond donors (Lipinski definition) is 2. The highest BCUT2D eigenvalue weighted by Crippen LogP contribution is 2.55. The fourth-order valence-electron chi connectivity index (χ4n) is 6.92. The van der Waals surface area contributed by atoms with Crippen LogP contribution < -0.4 is 10.6 Å². The van der Waals surface area contributed by atoms with Crippen LogP contribution in [-0.4, -0.2) is 31.1 Å². The summed E-state index contributed by atoms with van der Waals surface area (Å²) in [6.45, 7) is 2.57. The molecule has 1 atom stereocenters. The van der Waals surface area contributed by atoms with Gasteiger partial charge in [-0.2, -0.15) is 0 Å². The predicted octanol–water partition coefficient (Wildman–Crippen LogP) is 4.16. The lowest BCUT2D eigenvalue weighted by atomic mass is 9.53. The van der Waals surface area contributed by atoms with Crippen LogP contribution in [0.2, 0.25) is 0 Å². The van der Waals surface area contributed by atoms with Crippen molar-refractivity contribution < 1.29 is 14.3 Å². The fraction of sp³-hybridized carbons (Fsp3) is 0.739. The molecule has 1 heterocycles. The van der Waals surface area contributed by atoms with E-state index in [1.807, 2.05) is 0 Å². The van der Waals surface area contributed by atoms with Gasteiger partial charge in [0.15, 0.2) is 0 Å². The van der Waals surface area contributed by atoms with Gasteiger partial charge in [0.05, 0.1) is 19.2 Å². The van der Waals surface area contributed by atoms with E-state index in [4.69, 9.17) is 4.74 Å². The van der Waals surface area contributed by atoms with Crippen molar-refractivity contribution in [1.82, 2.24) is 5.32 Å². The summed E-state index contributed by atoms with van der Waals surface area (Å²) in [5.41, 5.74) is 1.84. The number of ether oxygens (including phenoxy) is 1. The van der Waals surface area contributed by atoms with Crippen LogP contribution in [0.1, 0.15) is 72.7 Å². The van der Waals surface area contributed by atoms with Crippen molar-refractivity contribution in [2.24, 2.45) is 23.7 Å². The average Bonchev–Trinajstić information content (AvgIpc) is 3.01. The van der Waals surface area contributed by atoms with Crippen LogP contribution in [0.5, 0.6) is 0 Å². The Bertz CT molecular complexity index is 795. The zero-order chi connectivity index (χ0) is 20.2. The molecular weight excluding hydrogens is 384 g/mol. The molecule has 1 amide bonds. The lowest BCUT2D eigenvalue weighted by Crippen LogP contribution is -2.59. The lowest BCUT2D eigenvalue weighted by molar-refractivity contribution is -0.116. The van der Waals surface area contributed by atoms with E-state index in [0.717, 1.165) is 42.6 Å². The van der Waals surface area contributed by atoms with E-state index in [0.29, 0.717) is 23.0 Å². The third-order valence-electron chi connectivity index (χ3n) is 7.82. The van der Waals surface area contributed by atoms with E-state index in [1.54, 1.807) is 11.3 Å². The zero-order valence-corrected chi connectivity index (χ0v) is 18.3. The first kappa shape index (κ1) is 19.6. The van der Waals surface area contributed by atoms with Crippen molar-refractivity contribution in [2.75, 3.05) is 19.0 Å². The molecule has 0 saturated heterocycles. The summed E-state index contributed by atoms with van der Waals surface area (Å²) in [5.74, 6) is 2.81. The number of esters is 1. The third kappa shape index (κ3) is 3.63. The van der Waals surface area contributed by atoms with E-state index >= 15 is 0 Å². The van der Waals surface area contributed by atoms with Crippen LogP contribution in [0.25, 0.3) is 0 Å². The lowest BCUT2D eigenvalue weighted by Gasteiger charge is -2.57. The SMILES string of the molecule is COC(=O)c1c(NC(=O)CNC23CC4CC(CC(C4)C2)C3)sc2c1CC[C@H](C)C2. The first-order valence-corrected chi connectivity index (χ1v) is 12.0. The maximum Gasteiger partial charge on any atom is 0.341 e. The minimum Gasteiger partial charge on any atom is -0.465 e.